The normalized spacial score (nSPS) is 11.3. The number of anilines is 1. The van der Waals surface area contributed by atoms with Crippen LogP contribution in [0.3, 0.4) is 0 Å². The number of aromatic nitrogens is 1. The molecular formula is C9H13ClN2O2S. The number of thiazole rings is 1. The van der Waals surface area contributed by atoms with Crippen molar-refractivity contribution in [3.63, 3.8) is 0 Å². The minimum absolute atomic E-state index is 0.135. The Morgan fingerprint density at radius 3 is 2.53 bits per heavy atom. The number of rotatable bonds is 1. The quantitative estimate of drug-likeness (QED) is 0.830. The lowest BCUT2D eigenvalue weighted by molar-refractivity contribution is 0.187. The smallest absolute Gasteiger partial charge is 0.413 e. The van der Waals surface area contributed by atoms with E-state index in [1.807, 2.05) is 20.8 Å². The Morgan fingerprint density at radius 2 is 2.13 bits per heavy atom. The summed E-state index contributed by atoms with van der Waals surface area (Å²) < 4.78 is 5.05. The number of hydrogen-bond donors (Lipinski definition) is 1. The molecule has 0 aromatic carbocycles. The van der Waals surface area contributed by atoms with Crippen LogP contribution in [-0.4, -0.2) is 18.2 Å². The largest absolute Gasteiger partial charge is 0.453 e. The molecule has 0 radical (unpaired) electrons. The molecule has 0 aliphatic heterocycles. The van der Waals surface area contributed by atoms with Crippen molar-refractivity contribution in [3.8, 4) is 0 Å². The number of nitrogens with one attached hydrogen (secondary N) is 1. The second-order valence-electron chi connectivity index (χ2n) is 4.01. The van der Waals surface area contributed by atoms with Crippen molar-refractivity contribution >= 4 is 34.2 Å². The van der Waals surface area contributed by atoms with Gasteiger partial charge in [-0.05, 0) is 0 Å². The van der Waals surface area contributed by atoms with Gasteiger partial charge in [0.1, 0.15) is 4.34 Å². The topological polar surface area (TPSA) is 51.2 Å². The van der Waals surface area contributed by atoms with E-state index in [0.29, 0.717) is 9.47 Å². The van der Waals surface area contributed by atoms with Crippen LogP contribution in [0.25, 0.3) is 0 Å². The molecule has 0 spiro atoms. The van der Waals surface area contributed by atoms with Crippen molar-refractivity contribution in [2.75, 3.05) is 12.4 Å². The molecule has 1 amide bonds. The molecule has 4 nitrogen and oxygen atoms in total. The van der Waals surface area contributed by atoms with Crippen LogP contribution in [0, 0.1) is 0 Å². The minimum Gasteiger partial charge on any atom is -0.453 e. The highest BCUT2D eigenvalue weighted by Crippen LogP contribution is 2.35. The SMILES string of the molecule is COC(=O)Nc1nc(C(C)(C)C)c(Cl)s1. The fourth-order valence-electron chi connectivity index (χ4n) is 0.956. The summed E-state index contributed by atoms with van der Waals surface area (Å²) >= 11 is 7.25. The van der Waals surface area contributed by atoms with Gasteiger partial charge in [-0.3, -0.25) is 5.32 Å². The average molecular weight is 249 g/mol. The molecule has 0 aliphatic carbocycles. The van der Waals surface area contributed by atoms with E-state index in [-0.39, 0.29) is 5.41 Å². The Balaban J connectivity index is 2.91. The van der Waals surface area contributed by atoms with Gasteiger partial charge in [-0.1, -0.05) is 43.7 Å². The minimum atomic E-state index is -0.541. The second-order valence-corrected chi connectivity index (χ2v) is 5.61. The van der Waals surface area contributed by atoms with Crippen LogP contribution < -0.4 is 5.32 Å². The molecule has 1 N–H and O–H groups in total. The second kappa shape index (κ2) is 4.37. The number of halogens is 1. The van der Waals surface area contributed by atoms with E-state index in [4.69, 9.17) is 11.6 Å². The van der Waals surface area contributed by atoms with Crippen LogP contribution in [0.1, 0.15) is 26.5 Å². The number of methoxy groups -OCH3 is 1. The van der Waals surface area contributed by atoms with Crippen molar-refractivity contribution in [2.24, 2.45) is 0 Å². The molecule has 15 heavy (non-hydrogen) atoms. The highest BCUT2D eigenvalue weighted by atomic mass is 35.5. The standard InChI is InChI=1S/C9H13ClN2O2S/c1-9(2,3)5-6(10)15-7(11-5)12-8(13)14-4/h1-4H3,(H,11,12,13). The predicted molar refractivity (Wildman–Crippen MR) is 61.9 cm³/mol. The summed E-state index contributed by atoms with van der Waals surface area (Å²) in [7, 11) is 1.30. The van der Waals surface area contributed by atoms with Crippen molar-refractivity contribution in [1.82, 2.24) is 4.98 Å². The molecule has 6 heteroatoms. The van der Waals surface area contributed by atoms with E-state index in [0.717, 1.165) is 5.69 Å². The molecule has 0 saturated carbocycles. The summed E-state index contributed by atoms with van der Waals surface area (Å²) in [5.74, 6) is 0. The third-order valence-electron chi connectivity index (χ3n) is 1.69. The first kappa shape index (κ1) is 12.3. The third-order valence-corrected chi connectivity index (χ3v) is 2.86. The molecule has 1 aromatic heterocycles. The zero-order chi connectivity index (χ0) is 11.6. The lowest BCUT2D eigenvalue weighted by atomic mass is 9.93. The van der Waals surface area contributed by atoms with Gasteiger partial charge in [0.05, 0.1) is 12.8 Å². The number of ether oxygens (including phenoxy) is 1. The maximum atomic E-state index is 10.9. The van der Waals surface area contributed by atoms with Gasteiger partial charge in [-0.2, -0.15) is 0 Å². The first-order valence-electron chi connectivity index (χ1n) is 4.36. The average Bonchev–Trinajstić information content (AvgIpc) is 2.45. The van der Waals surface area contributed by atoms with Gasteiger partial charge in [0.2, 0.25) is 0 Å². The van der Waals surface area contributed by atoms with Crippen LogP contribution >= 0.6 is 22.9 Å². The van der Waals surface area contributed by atoms with Gasteiger partial charge in [0.25, 0.3) is 0 Å². The van der Waals surface area contributed by atoms with Crippen molar-refractivity contribution in [1.29, 1.82) is 0 Å². The monoisotopic (exact) mass is 248 g/mol. The number of carbonyl (C=O) groups excluding carboxylic acids is 1. The van der Waals surface area contributed by atoms with Crippen LogP contribution in [0.2, 0.25) is 4.34 Å². The molecule has 0 bridgehead atoms. The Kier molecular flexibility index (Phi) is 3.57. The van der Waals surface area contributed by atoms with Gasteiger partial charge >= 0.3 is 6.09 Å². The first-order valence-corrected chi connectivity index (χ1v) is 5.56. The summed E-state index contributed by atoms with van der Waals surface area (Å²) in [6, 6.07) is 0. The molecule has 1 rings (SSSR count). The van der Waals surface area contributed by atoms with E-state index in [9.17, 15) is 4.79 Å². The summed E-state index contributed by atoms with van der Waals surface area (Å²) in [6.45, 7) is 6.03. The van der Waals surface area contributed by atoms with Gasteiger partial charge < -0.3 is 4.74 Å². The molecule has 0 saturated heterocycles. The van der Waals surface area contributed by atoms with E-state index < -0.39 is 6.09 Å². The number of nitrogens with zero attached hydrogens (tertiary/aromatic N) is 1. The maximum Gasteiger partial charge on any atom is 0.413 e. The first-order chi connectivity index (χ1) is 6.84. The van der Waals surface area contributed by atoms with E-state index >= 15 is 0 Å². The fourth-order valence-corrected chi connectivity index (χ4v) is 2.39. The Hall–Kier alpha value is -0.810. The number of hydrogen-bond acceptors (Lipinski definition) is 4. The van der Waals surface area contributed by atoms with Crippen LogP contribution in [0.15, 0.2) is 0 Å². The lowest BCUT2D eigenvalue weighted by Crippen LogP contribution is -2.14. The van der Waals surface area contributed by atoms with E-state index in [1.165, 1.54) is 18.4 Å². The molecule has 0 atom stereocenters. The fraction of sp³-hybridized carbons (Fsp3) is 0.556. The number of carbonyl (C=O) groups is 1. The molecule has 1 heterocycles. The zero-order valence-electron chi connectivity index (χ0n) is 9.05. The Bertz CT molecular complexity index is 371. The summed E-state index contributed by atoms with van der Waals surface area (Å²) in [5, 5.41) is 2.94. The van der Waals surface area contributed by atoms with Crippen molar-refractivity contribution < 1.29 is 9.53 Å². The molecular weight excluding hydrogens is 236 g/mol. The van der Waals surface area contributed by atoms with Crippen molar-refractivity contribution in [3.05, 3.63) is 10.0 Å². The summed E-state index contributed by atoms with van der Waals surface area (Å²) in [6.07, 6.45) is -0.541. The molecule has 84 valence electrons. The molecule has 0 unspecified atom stereocenters. The molecule has 0 fully saturated rings. The molecule has 1 aromatic rings. The van der Waals surface area contributed by atoms with Crippen LogP contribution in [0.5, 0.6) is 0 Å². The van der Waals surface area contributed by atoms with Gasteiger partial charge in [-0.15, -0.1) is 0 Å². The van der Waals surface area contributed by atoms with Crippen LogP contribution in [-0.2, 0) is 10.2 Å². The Morgan fingerprint density at radius 1 is 1.53 bits per heavy atom. The highest BCUT2D eigenvalue weighted by Gasteiger charge is 2.22. The van der Waals surface area contributed by atoms with E-state index in [2.05, 4.69) is 15.0 Å². The summed E-state index contributed by atoms with van der Waals surface area (Å²) in [4.78, 5) is 15.2. The Labute approximate surface area is 97.6 Å². The lowest BCUT2D eigenvalue weighted by Gasteiger charge is -2.15. The van der Waals surface area contributed by atoms with E-state index in [1.54, 1.807) is 0 Å². The van der Waals surface area contributed by atoms with Crippen LogP contribution in [0.4, 0.5) is 9.93 Å². The maximum absolute atomic E-state index is 10.9. The van der Waals surface area contributed by atoms with Gasteiger partial charge in [0, 0.05) is 5.41 Å². The zero-order valence-corrected chi connectivity index (χ0v) is 10.6. The highest BCUT2D eigenvalue weighted by molar-refractivity contribution is 7.19. The van der Waals surface area contributed by atoms with Gasteiger partial charge in [0.15, 0.2) is 5.13 Å². The summed E-state index contributed by atoms with van der Waals surface area (Å²) in [5.41, 5.74) is 0.643. The third kappa shape index (κ3) is 3.07. The van der Waals surface area contributed by atoms with Gasteiger partial charge in [-0.25, -0.2) is 9.78 Å². The molecule has 0 aliphatic rings. The van der Waals surface area contributed by atoms with Crippen molar-refractivity contribution in [2.45, 2.75) is 26.2 Å². The number of amides is 1. The predicted octanol–water partition coefficient (Wildman–Crippen LogP) is 3.27.